The van der Waals surface area contributed by atoms with Crippen LogP contribution in [0.4, 0.5) is 9.59 Å². The Morgan fingerprint density at radius 3 is 2.43 bits per heavy atom. The molecule has 0 aromatic heterocycles. The number of thioether (sulfide) groups is 1. The first-order chi connectivity index (χ1) is 22.2. The molecule has 4 fully saturated rings. The third-order valence-electron chi connectivity index (χ3n) is 11.1. The van der Waals surface area contributed by atoms with Crippen LogP contribution in [-0.2, 0) is 49.4 Å². The number of rotatable bonds is 7. The van der Waals surface area contributed by atoms with Crippen LogP contribution in [0.2, 0.25) is 0 Å². The summed E-state index contributed by atoms with van der Waals surface area (Å²) >= 11 is 0.957. The van der Waals surface area contributed by atoms with Gasteiger partial charge in [0.05, 0.1) is 24.5 Å². The van der Waals surface area contributed by atoms with Crippen molar-refractivity contribution in [2.45, 2.75) is 102 Å². The van der Waals surface area contributed by atoms with Crippen LogP contribution in [-0.4, -0.2) is 95.6 Å². The van der Waals surface area contributed by atoms with Crippen LogP contribution in [0.15, 0.2) is 41.5 Å². The molecule has 2 aliphatic heterocycles. The number of fused-ring (bicyclic) bond motifs is 4. The molecule has 2 bridgehead atoms. The Morgan fingerprint density at radius 2 is 1.83 bits per heavy atom. The van der Waals surface area contributed by atoms with E-state index in [1.807, 2.05) is 37.3 Å². The van der Waals surface area contributed by atoms with Gasteiger partial charge in [-0.3, -0.25) is 9.59 Å². The monoisotopic (exact) mass is 674 g/mol. The van der Waals surface area contributed by atoms with E-state index in [4.69, 9.17) is 33.2 Å². The lowest BCUT2D eigenvalue weighted by Gasteiger charge is -2.68. The quantitative estimate of drug-likeness (QED) is 0.251. The zero-order chi connectivity index (χ0) is 34.1. The molecule has 0 unspecified atom stereocenters. The van der Waals surface area contributed by atoms with Crippen LogP contribution in [0, 0.1) is 16.7 Å². The first-order valence-electron chi connectivity index (χ1n) is 15.9. The van der Waals surface area contributed by atoms with Crippen molar-refractivity contribution in [1.29, 1.82) is 0 Å². The first kappa shape index (κ1) is 33.9. The molecular formula is C34H42O12S. The SMILES string of the molecule is CCSC(=O)O[C@H]1C[C@H]2OC[C@@]2(OC(C)=O)[C@H]2[C@H](OCc3ccccc3)[C@]34OC(=O)O[C@H]3[C@H](O)C(C)=C([C@@H](OC)C(=O)[C@]12C)C4(C)C. The molecule has 13 heteroatoms. The summed E-state index contributed by atoms with van der Waals surface area (Å²) in [7, 11) is 1.39. The molecule has 1 spiro atoms. The molecule has 47 heavy (non-hydrogen) atoms. The number of ether oxygens (including phenoxy) is 7. The zero-order valence-corrected chi connectivity index (χ0v) is 28.4. The van der Waals surface area contributed by atoms with Crippen molar-refractivity contribution in [1.82, 2.24) is 0 Å². The zero-order valence-electron chi connectivity index (χ0n) is 27.6. The highest BCUT2D eigenvalue weighted by molar-refractivity contribution is 8.13. The number of carbonyl (C=O) groups is 4. The van der Waals surface area contributed by atoms with Gasteiger partial charge >= 0.3 is 17.4 Å². The predicted octanol–water partition coefficient (Wildman–Crippen LogP) is 4.15. The number of hydrogen-bond acceptors (Lipinski definition) is 13. The van der Waals surface area contributed by atoms with Crippen LogP contribution in [0.1, 0.15) is 53.5 Å². The van der Waals surface area contributed by atoms with Crippen LogP contribution >= 0.6 is 11.8 Å². The Kier molecular flexibility index (Phi) is 8.56. The van der Waals surface area contributed by atoms with E-state index in [0.717, 1.165) is 17.3 Å². The number of methoxy groups -OCH3 is 1. The average Bonchev–Trinajstić information content (AvgIpc) is 3.38. The highest BCUT2D eigenvalue weighted by Gasteiger charge is 2.82. The van der Waals surface area contributed by atoms with E-state index in [1.165, 1.54) is 14.0 Å². The smallest absolute Gasteiger partial charge is 0.454 e. The number of aliphatic hydroxyl groups is 1. The van der Waals surface area contributed by atoms with Crippen molar-refractivity contribution >= 4 is 35.0 Å². The van der Waals surface area contributed by atoms with Crippen LogP contribution in [0.25, 0.3) is 0 Å². The van der Waals surface area contributed by atoms with Crippen molar-refractivity contribution in [2.24, 2.45) is 16.7 Å². The highest BCUT2D eigenvalue weighted by Crippen LogP contribution is 2.67. The normalized spacial score (nSPS) is 40.0. The van der Waals surface area contributed by atoms with Crippen LogP contribution in [0.5, 0.6) is 0 Å². The number of Topliss-reactive ketones (excluding diaryl/α,β-unsaturated/α-hetero) is 1. The second-order valence-electron chi connectivity index (χ2n) is 13.7. The molecule has 1 N–H and O–H groups in total. The lowest BCUT2D eigenvalue weighted by molar-refractivity contribution is -0.350. The van der Waals surface area contributed by atoms with E-state index in [2.05, 4.69) is 0 Å². The van der Waals surface area contributed by atoms with E-state index >= 15 is 4.79 Å². The summed E-state index contributed by atoms with van der Waals surface area (Å²) in [4.78, 5) is 54.7. The summed E-state index contributed by atoms with van der Waals surface area (Å²) < 4.78 is 43.3. The number of ketones is 1. The van der Waals surface area contributed by atoms with Crippen molar-refractivity contribution in [3.8, 4) is 0 Å². The van der Waals surface area contributed by atoms with Gasteiger partial charge in [0.15, 0.2) is 23.1 Å². The van der Waals surface area contributed by atoms with Gasteiger partial charge in [-0.25, -0.2) is 9.59 Å². The fraction of sp³-hybridized carbons (Fsp3) is 0.647. The third-order valence-corrected chi connectivity index (χ3v) is 11.7. The molecule has 5 aliphatic rings. The van der Waals surface area contributed by atoms with E-state index in [-0.39, 0.29) is 19.6 Å². The topological polar surface area (TPSA) is 153 Å². The maximum atomic E-state index is 15.3. The number of hydrogen-bond donors (Lipinski definition) is 1. The maximum absolute atomic E-state index is 15.3. The molecule has 256 valence electrons. The summed E-state index contributed by atoms with van der Waals surface area (Å²) in [6, 6.07) is 9.29. The van der Waals surface area contributed by atoms with Crippen molar-refractivity contribution in [2.75, 3.05) is 19.5 Å². The summed E-state index contributed by atoms with van der Waals surface area (Å²) in [6.07, 6.45) is -8.08. The van der Waals surface area contributed by atoms with Gasteiger partial charge in [0.25, 0.3) is 0 Å². The third kappa shape index (κ3) is 4.71. The Bertz CT molecular complexity index is 1490. The van der Waals surface area contributed by atoms with Gasteiger partial charge < -0.3 is 38.3 Å². The predicted molar refractivity (Wildman–Crippen MR) is 166 cm³/mol. The molecule has 2 saturated heterocycles. The number of carbonyl (C=O) groups excluding carboxylic acids is 4. The molecular weight excluding hydrogens is 632 g/mol. The van der Waals surface area contributed by atoms with Crippen molar-refractivity contribution < 1.29 is 57.4 Å². The van der Waals surface area contributed by atoms with Gasteiger partial charge in [0.2, 0.25) is 0 Å². The minimum Gasteiger partial charge on any atom is -0.454 e. The van der Waals surface area contributed by atoms with Gasteiger partial charge in [-0.2, -0.15) is 0 Å². The molecule has 0 amide bonds. The molecule has 1 aromatic rings. The summed E-state index contributed by atoms with van der Waals surface area (Å²) in [5.41, 5.74) is -4.58. The summed E-state index contributed by atoms with van der Waals surface area (Å²) in [5.74, 6) is -1.78. The van der Waals surface area contributed by atoms with E-state index in [1.54, 1.807) is 27.7 Å². The molecule has 1 aromatic carbocycles. The van der Waals surface area contributed by atoms with Crippen molar-refractivity contribution in [3.63, 3.8) is 0 Å². The van der Waals surface area contributed by atoms with Crippen LogP contribution in [0.3, 0.4) is 0 Å². The maximum Gasteiger partial charge on any atom is 0.509 e. The Balaban J connectivity index is 1.68. The standard InChI is InChI=1S/C34H42O12S/c1-8-47-30(39)43-20-14-21-33(16-42-21,45-18(3)35)25-28(41-15-19-12-10-9-11-13-19)34-27(44-29(38)46-34)23(36)17(2)22(31(34,4)5)24(40-7)26(37)32(20,25)6/h9-13,20-21,23-25,27-28,36H,8,14-16H2,1-7H3/t20-,21+,23+,24+,25-,27-,28-,32+,33-,34+/m0/s1. The average molecular weight is 675 g/mol. The lowest BCUT2D eigenvalue weighted by Crippen LogP contribution is -2.83. The largest absolute Gasteiger partial charge is 0.509 e. The highest BCUT2D eigenvalue weighted by atomic mass is 32.2. The van der Waals surface area contributed by atoms with Gasteiger partial charge in [-0.15, -0.1) is 0 Å². The van der Waals surface area contributed by atoms with Gasteiger partial charge in [0.1, 0.15) is 30.5 Å². The number of aliphatic hydroxyl groups excluding tert-OH is 1. The molecule has 6 rings (SSSR count). The minimum absolute atomic E-state index is 0.00593. The minimum atomic E-state index is -1.78. The van der Waals surface area contributed by atoms with E-state index in [0.29, 0.717) is 16.9 Å². The number of benzene rings is 1. The molecule has 2 saturated carbocycles. The fourth-order valence-corrected chi connectivity index (χ4v) is 9.50. The molecule has 0 radical (unpaired) electrons. The van der Waals surface area contributed by atoms with Gasteiger partial charge in [-0.05, 0) is 42.3 Å². The van der Waals surface area contributed by atoms with Crippen molar-refractivity contribution in [3.05, 3.63) is 47.0 Å². The Morgan fingerprint density at radius 1 is 1.13 bits per heavy atom. The lowest BCUT2D eigenvalue weighted by atomic mass is 9.44. The summed E-state index contributed by atoms with van der Waals surface area (Å²) in [6.45, 7) is 9.93. The molecule has 10 atom stereocenters. The van der Waals surface area contributed by atoms with Gasteiger partial charge in [-0.1, -0.05) is 51.1 Å². The van der Waals surface area contributed by atoms with Gasteiger partial charge in [0, 0.05) is 31.6 Å². The second kappa shape index (κ2) is 11.9. The van der Waals surface area contributed by atoms with E-state index in [9.17, 15) is 19.5 Å². The summed E-state index contributed by atoms with van der Waals surface area (Å²) in [5, 5.41) is 11.2. The van der Waals surface area contributed by atoms with E-state index < -0.39 is 87.8 Å². The number of esters is 1. The molecule has 3 aliphatic carbocycles. The van der Waals surface area contributed by atoms with Crippen LogP contribution < -0.4 is 0 Å². The first-order valence-corrected chi connectivity index (χ1v) is 16.8. The second-order valence-corrected chi connectivity index (χ2v) is 14.9. The fourth-order valence-electron chi connectivity index (χ4n) is 9.08. The molecule has 2 heterocycles. The Hall–Kier alpha value is -2.97. The Labute approximate surface area is 277 Å². The molecule has 12 nitrogen and oxygen atoms in total.